The first kappa shape index (κ1) is 32.4. The minimum absolute atomic E-state index is 0.0187. The van der Waals surface area contributed by atoms with Gasteiger partial charge < -0.3 is 40.1 Å². The maximum absolute atomic E-state index is 11.8. The first-order valence-corrected chi connectivity index (χ1v) is 16.9. The van der Waals surface area contributed by atoms with E-state index in [1.165, 1.54) is 5.57 Å². The van der Waals surface area contributed by atoms with Crippen LogP contribution in [0.25, 0.3) is 0 Å². The van der Waals surface area contributed by atoms with Crippen molar-refractivity contribution < 1.29 is 40.1 Å². The molecule has 4 saturated carbocycles. The Balaban J connectivity index is 1.36. The van der Waals surface area contributed by atoms with Gasteiger partial charge in [0.1, 0.15) is 18.3 Å². The van der Waals surface area contributed by atoms with Crippen molar-refractivity contribution in [1.82, 2.24) is 0 Å². The predicted molar refractivity (Wildman–Crippen MR) is 162 cm³/mol. The van der Waals surface area contributed by atoms with Crippen molar-refractivity contribution in [3.05, 3.63) is 11.6 Å². The summed E-state index contributed by atoms with van der Waals surface area (Å²) >= 11 is 0. The van der Waals surface area contributed by atoms with E-state index in [0.717, 1.165) is 51.4 Å². The molecule has 8 heteroatoms. The zero-order valence-electron chi connectivity index (χ0n) is 27.4. The van der Waals surface area contributed by atoms with Gasteiger partial charge >= 0.3 is 0 Å². The number of aliphatic hydroxyl groups is 6. The lowest BCUT2D eigenvalue weighted by molar-refractivity contribution is -0.321. The van der Waals surface area contributed by atoms with E-state index in [2.05, 4.69) is 54.5 Å². The molecule has 0 aromatic carbocycles. The van der Waals surface area contributed by atoms with E-state index in [-0.39, 0.29) is 41.3 Å². The first-order valence-electron chi connectivity index (χ1n) is 16.9. The largest absolute Gasteiger partial charge is 0.396 e. The molecule has 8 nitrogen and oxygen atoms in total. The van der Waals surface area contributed by atoms with E-state index in [4.69, 9.17) is 9.47 Å². The molecule has 43 heavy (non-hydrogen) atoms. The lowest BCUT2D eigenvalue weighted by atomic mass is 9.33. The Morgan fingerprint density at radius 2 is 1.53 bits per heavy atom. The highest BCUT2D eigenvalue weighted by Crippen LogP contribution is 2.75. The molecule has 0 radical (unpaired) electrons. The second-order valence-electron chi connectivity index (χ2n) is 17.5. The minimum Gasteiger partial charge on any atom is -0.396 e. The molecule has 6 rings (SSSR count). The number of hydrogen-bond acceptors (Lipinski definition) is 8. The fraction of sp³-hybridized carbons (Fsp3) is 0.943. The summed E-state index contributed by atoms with van der Waals surface area (Å²) in [6, 6.07) is 0. The summed E-state index contributed by atoms with van der Waals surface area (Å²) in [5.74, 6) is 0.893. The van der Waals surface area contributed by atoms with E-state index < -0.39 is 59.2 Å². The van der Waals surface area contributed by atoms with E-state index in [1.54, 1.807) is 0 Å². The third kappa shape index (κ3) is 4.23. The van der Waals surface area contributed by atoms with Gasteiger partial charge in [-0.15, -0.1) is 0 Å². The van der Waals surface area contributed by atoms with Gasteiger partial charge in [-0.1, -0.05) is 60.1 Å². The summed E-state index contributed by atoms with van der Waals surface area (Å²) in [6.07, 6.45) is 2.98. The molecule has 15 atom stereocenters. The molecule has 0 aromatic rings. The first-order chi connectivity index (χ1) is 19.9. The van der Waals surface area contributed by atoms with Gasteiger partial charge in [0.15, 0.2) is 6.29 Å². The van der Waals surface area contributed by atoms with Crippen molar-refractivity contribution in [3.63, 3.8) is 0 Å². The Hall–Kier alpha value is -0.580. The Labute approximate surface area is 257 Å². The lowest BCUT2D eigenvalue weighted by Crippen LogP contribution is -2.68. The monoisotopic (exact) mass is 606 g/mol. The molecule has 0 spiro atoms. The smallest absolute Gasteiger partial charge is 0.186 e. The number of aliphatic hydroxyl groups excluding tert-OH is 6. The van der Waals surface area contributed by atoms with Gasteiger partial charge in [-0.25, -0.2) is 0 Å². The summed E-state index contributed by atoms with van der Waals surface area (Å²) in [6.45, 7) is 15.8. The van der Waals surface area contributed by atoms with E-state index in [1.807, 2.05) is 0 Å². The standard InChI is InChI=1S/C35H58O8/c1-30(2)16-20-19-8-9-23-32(4)12-11-24(38)33(5,18-36)22(32)10-13-35(23,7)34(19,6)15-14-31(20,3)28(27(30)41)43-29-26(40)25(39)21(37)17-42-29/h8,20-29,36-41H,9-18H2,1-7H3/t20-,21-,22?,23?,24-,25-,26+,27-,28+,29-,31+,32-,33+,34+,35+/m0/s1. The second kappa shape index (κ2) is 10.2. The Kier molecular flexibility index (Phi) is 7.68. The van der Waals surface area contributed by atoms with Gasteiger partial charge in [-0.05, 0) is 90.8 Å². The van der Waals surface area contributed by atoms with Crippen molar-refractivity contribution >= 4 is 0 Å². The van der Waals surface area contributed by atoms with Gasteiger partial charge in [-0.3, -0.25) is 0 Å². The third-order valence-corrected chi connectivity index (χ3v) is 15.2. The van der Waals surface area contributed by atoms with Crippen LogP contribution in [-0.2, 0) is 9.47 Å². The zero-order chi connectivity index (χ0) is 31.5. The number of allylic oxidation sites excluding steroid dienone is 2. The summed E-state index contributed by atoms with van der Waals surface area (Å²) in [5, 5.41) is 64.4. The molecule has 2 unspecified atom stereocenters. The molecule has 5 fully saturated rings. The molecular weight excluding hydrogens is 548 g/mol. The molecule has 6 N–H and O–H groups in total. The van der Waals surface area contributed by atoms with Gasteiger partial charge in [0.25, 0.3) is 0 Å². The molecule has 0 bridgehead atoms. The molecule has 246 valence electrons. The molecule has 5 aliphatic carbocycles. The van der Waals surface area contributed by atoms with Crippen LogP contribution >= 0.6 is 0 Å². The molecule has 0 amide bonds. The molecule has 1 heterocycles. The van der Waals surface area contributed by atoms with Crippen LogP contribution in [0, 0.1) is 50.2 Å². The van der Waals surface area contributed by atoms with E-state index >= 15 is 0 Å². The molecule has 0 aromatic heterocycles. The van der Waals surface area contributed by atoms with Crippen LogP contribution in [0.2, 0.25) is 0 Å². The predicted octanol–water partition coefficient (Wildman–Crippen LogP) is 3.55. The highest BCUT2D eigenvalue weighted by atomic mass is 16.7. The molecule has 1 aliphatic heterocycles. The minimum atomic E-state index is -1.40. The van der Waals surface area contributed by atoms with Gasteiger partial charge in [0.2, 0.25) is 0 Å². The summed E-state index contributed by atoms with van der Waals surface area (Å²) < 4.78 is 12.2. The van der Waals surface area contributed by atoms with Crippen molar-refractivity contribution in [3.8, 4) is 0 Å². The van der Waals surface area contributed by atoms with Crippen LogP contribution < -0.4 is 0 Å². The Morgan fingerprint density at radius 3 is 2.21 bits per heavy atom. The number of ether oxygens (including phenoxy) is 2. The summed E-state index contributed by atoms with van der Waals surface area (Å²) in [7, 11) is 0. The Bertz CT molecular complexity index is 1130. The van der Waals surface area contributed by atoms with Crippen molar-refractivity contribution in [2.45, 2.75) is 143 Å². The number of hydrogen-bond donors (Lipinski definition) is 6. The van der Waals surface area contributed by atoms with Crippen LogP contribution in [-0.4, -0.2) is 86.8 Å². The third-order valence-electron chi connectivity index (χ3n) is 15.2. The number of rotatable bonds is 3. The fourth-order valence-electron chi connectivity index (χ4n) is 11.9. The van der Waals surface area contributed by atoms with Crippen molar-refractivity contribution in [2.24, 2.45) is 50.2 Å². The van der Waals surface area contributed by atoms with Crippen molar-refractivity contribution in [1.29, 1.82) is 0 Å². The van der Waals surface area contributed by atoms with Crippen LogP contribution in [0.15, 0.2) is 11.6 Å². The lowest BCUT2D eigenvalue weighted by Gasteiger charge is -2.72. The van der Waals surface area contributed by atoms with Crippen LogP contribution in [0.5, 0.6) is 0 Å². The Morgan fingerprint density at radius 1 is 0.837 bits per heavy atom. The summed E-state index contributed by atoms with van der Waals surface area (Å²) in [5.41, 5.74) is 0.203. The van der Waals surface area contributed by atoms with E-state index in [0.29, 0.717) is 5.92 Å². The molecule has 1 saturated heterocycles. The van der Waals surface area contributed by atoms with Crippen molar-refractivity contribution in [2.75, 3.05) is 13.2 Å². The molecule has 6 aliphatic rings. The van der Waals surface area contributed by atoms with Gasteiger partial charge in [0.05, 0.1) is 31.5 Å². The highest BCUT2D eigenvalue weighted by Gasteiger charge is 2.70. The quantitative estimate of drug-likeness (QED) is 0.268. The average Bonchev–Trinajstić information content (AvgIpc) is 2.95. The zero-order valence-corrected chi connectivity index (χ0v) is 27.4. The SMILES string of the molecule is CC1(C)C[C@H]2C3=CCC4[C@@]5(C)CC[C@H](O)[C@](C)(CO)C5CC[C@@]4(C)[C@]3(C)CC[C@@]2(C)[C@H](O[C@@H]2OC[C@H](O)[C@H](O)[C@H]2O)[C@@H]1O. The van der Waals surface area contributed by atoms with E-state index in [9.17, 15) is 30.6 Å². The second-order valence-corrected chi connectivity index (χ2v) is 17.5. The van der Waals surface area contributed by atoms with Gasteiger partial charge in [-0.2, -0.15) is 0 Å². The topological polar surface area (TPSA) is 140 Å². The van der Waals surface area contributed by atoms with Crippen LogP contribution in [0.3, 0.4) is 0 Å². The highest BCUT2D eigenvalue weighted by molar-refractivity contribution is 5.34. The number of fused-ring (bicyclic) bond motifs is 7. The van der Waals surface area contributed by atoms with Crippen LogP contribution in [0.1, 0.15) is 99.8 Å². The normalized spacial score (nSPS) is 57.9. The fourth-order valence-corrected chi connectivity index (χ4v) is 11.9. The average molecular weight is 607 g/mol. The van der Waals surface area contributed by atoms with Crippen LogP contribution in [0.4, 0.5) is 0 Å². The summed E-state index contributed by atoms with van der Waals surface area (Å²) in [4.78, 5) is 0. The molecular formula is C35H58O8. The van der Waals surface area contributed by atoms with Gasteiger partial charge in [0, 0.05) is 10.8 Å². The maximum atomic E-state index is 11.8. The maximum Gasteiger partial charge on any atom is 0.186 e.